The first-order valence-corrected chi connectivity index (χ1v) is 7.23. The minimum Gasteiger partial charge on any atom is -0.479 e. The molecule has 1 amide bonds. The molecule has 5 nitrogen and oxygen atoms in total. The number of nitrogens with zero attached hydrogens (tertiary/aromatic N) is 1. The van der Waals surface area contributed by atoms with E-state index in [0.29, 0.717) is 26.2 Å². The lowest BCUT2D eigenvalue weighted by Crippen LogP contribution is -2.45. The van der Waals surface area contributed by atoms with Crippen molar-refractivity contribution in [2.45, 2.75) is 18.9 Å². The Balaban J connectivity index is 1.89. The third-order valence-electron chi connectivity index (χ3n) is 3.76. The lowest BCUT2D eigenvalue weighted by Gasteiger charge is -2.34. The highest BCUT2D eigenvalue weighted by atomic mass is 32.1. The van der Waals surface area contributed by atoms with Gasteiger partial charge in [0.2, 0.25) is 5.91 Å². The minimum atomic E-state index is -0.952. The molecular weight excluding hydrogens is 266 g/mol. The van der Waals surface area contributed by atoms with E-state index in [1.807, 2.05) is 11.4 Å². The van der Waals surface area contributed by atoms with E-state index in [4.69, 9.17) is 4.74 Å². The molecule has 1 aromatic heterocycles. The number of carbonyl (C=O) groups excluding carboxylic acids is 1. The lowest BCUT2D eigenvalue weighted by molar-refractivity contribution is -0.153. The number of carbonyl (C=O) groups is 2. The van der Waals surface area contributed by atoms with Crippen molar-refractivity contribution in [3.63, 3.8) is 0 Å². The van der Waals surface area contributed by atoms with Crippen LogP contribution in [0.4, 0.5) is 0 Å². The van der Waals surface area contributed by atoms with Crippen LogP contribution in [0.25, 0.3) is 0 Å². The largest absolute Gasteiger partial charge is 0.479 e. The van der Waals surface area contributed by atoms with Crippen LogP contribution in [0.3, 0.4) is 0 Å². The first-order chi connectivity index (χ1) is 9.18. The molecule has 0 aliphatic carbocycles. The van der Waals surface area contributed by atoms with Gasteiger partial charge in [0, 0.05) is 18.0 Å². The van der Waals surface area contributed by atoms with Crippen molar-refractivity contribution in [1.29, 1.82) is 0 Å². The molecule has 0 aromatic carbocycles. The number of thiophene rings is 1. The van der Waals surface area contributed by atoms with Gasteiger partial charge >= 0.3 is 5.97 Å². The van der Waals surface area contributed by atoms with Gasteiger partial charge in [-0.2, -0.15) is 0 Å². The maximum absolute atomic E-state index is 12.4. The summed E-state index contributed by atoms with van der Waals surface area (Å²) in [5, 5.41) is 11.3. The number of rotatable bonds is 2. The van der Waals surface area contributed by atoms with Gasteiger partial charge in [0.05, 0.1) is 12.5 Å². The van der Waals surface area contributed by atoms with Crippen molar-refractivity contribution in [3.05, 3.63) is 21.9 Å². The van der Waals surface area contributed by atoms with Gasteiger partial charge in [-0.15, -0.1) is 11.3 Å². The topological polar surface area (TPSA) is 66.8 Å². The second-order valence-electron chi connectivity index (χ2n) is 4.88. The van der Waals surface area contributed by atoms with E-state index in [1.165, 1.54) is 4.90 Å². The first-order valence-electron chi connectivity index (χ1n) is 6.36. The summed E-state index contributed by atoms with van der Waals surface area (Å²) in [6.07, 6.45) is 1.44. The molecule has 2 unspecified atom stereocenters. The number of hydrogen-bond acceptors (Lipinski definition) is 4. The third-order valence-corrected chi connectivity index (χ3v) is 4.76. The highest BCUT2D eigenvalue weighted by molar-refractivity contribution is 7.10. The molecule has 3 heterocycles. The van der Waals surface area contributed by atoms with Crippen molar-refractivity contribution >= 4 is 23.2 Å². The van der Waals surface area contributed by atoms with Gasteiger partial charge in [0.15, 0.2) is 6.04 Å². The maximum Gasteiger partial charge on any atom is 0.331 e. The van der Waals surface area contributed by atoms with Crippen LogP contribution in [0.1, 0.15) is 22.9 Å². The number of aliphatic carboxylic acids is 1. The van der Waals surface area contributed by atoms with Gasteiger partial charge in [0.25, 0.3) is 0 Å². The molecule has 0 spiro atoms. The zero-order valence-electron chi connectivity index (χ0n) is 10.4. The summed E-state index contributed by atoms with van der Waals surface area (Å²) in [7, 11) is 0. The standard InChI is InChI=1S/C13H15NO4S/c15-12(8-2-5-18-7-8)14-4-1-10-9(3-6-19-10)11(14)13(16)17/h3,6,8,11H,1-2,4-5,7H2,(H,16,17). The number of carboxylic acid groups (broad SMARTS) is 1. The molecule has 2 atom stereocenters. The maximum atomic E-state index is 12.4. The molecule has 102 valence electrons. The summed E-state index contributed by atoms with van der Waals surface area (Å²) in [6, 6.07) is 0.992. The van der Waals surface area contributed by atoms with E-state index in [9.17, 15) is 14.7 Å². The third kappa shape index (κ3) is 2.15. The Labute approximate surface area is 114 Å². The Morgan fingerprint density at radius 1 is 1.47 bits per heavy atom. The molecule has 0 saturated carbocycles. The van der Waals surface area contributed by atoms with Crippen LogP contribution in [0.15, 0.2) is 11.4 Å². The van der Waals surface area contributed by atoms with Crippen molar-refractivity contribution in [3.8, 4) is 0 Å². The van der Waals surface area contributed by atoms with Crippen LogP contribution in [-0.2, 0) is 20.7 Å². The molecular formula is C13H15NO4S. The molecule has 0 bridgehead atoms. The van der Waals surface area contributed by atoms with E-state index in [1.54, 1.807) is 11.3 Å². The summed E-state index contributed by atoms with van der Waals surface area (Å²) in [5.41, 5.74) is 0.774. The summed E-state index contributed by atoms with van der Waals surface area (Å²) in [5.74, 6) is -1.21. The fourth-order valence-corrected chi connectivity index (χ4v) is 3.69. The molecule has 3 rings (SSSR count). The number of fused-ring (bicyclic) bond motifs is 1. The van der Waals surface area contributed by atoms with Gasteiger partial charge < -0.3 is 14.7 Å². The highest BCUT2D eigenvalue weighted by Crippen LogP contribution is 2.35. The molecule has 19 heavy (non-hydrogen) atoms. The average molecular weight is 281 g/mol. The van der Waals surface area contributed by atoms with E-state index >= 15 is 0 Å². The van der Waals surface area contributed by atoms with Crippen LogP contribution >= 0.6 is 11.3 Å². The normalized spacial score (nSPS) is 26.2. The monoisotopic (exact) mass is 281 g/mol. The van der Waals surface area contributed by atoms with Crippen LogP contribution in [0.2, 0.25) is 0 Å². The van der Waals surface area contributed by atoms with Crippen LogP contribution in [0, 0.1) is 5.92 Å². The van der Waals surface area contributed by atoms with Gasteiger partial charge in [-0.05, 0) is 29.9 Å². The predicted molar refractivity (Wildman–Crippen MR) is 69.0 cm³/mol. The smallest absolute Gasteiger partial charge is 0.331 e. The Morgan fingerprint density at radius 3 is 3.00 bits per heavy atom. The fraction of sp³-hybridized carbons (Fsp3) is 0.538. The number of hydrogen-bond donors (Lipinski definition) is 1. The van der Waals surface area contributed by atoms with E-state index in [2.05, 4.69) is 0 Å². The second kappa shape index (κ2) is 4.94. The van der Waals surface area contributed by atoms with Gasteiger partial charge in [-0.1, -0.05) is 0 Å². The fourth-order valence-electron chi connectivity index (χ4n) is 2.78. The molecule has 1 fully saturated rings. The lowest BCUT2D eigenvalue weighted by atomic mass is 9.97. The number of ether oxygens (including phenoxy) is 1. The molecule has 2 aliphatic rings. The predicted octanol–water partition coefficient (Wildman–Crippen LogP) is 1.30. The van der Waals surface area contributed by atoms with E-state index in [0.717, 1.165) is 16.9 Å². The molecule has 1 saturated heterocycles. The summed E-state index contributed by atoms with van der Waals surface area (Å²) < 4.78 is 5.23. The van der Waals surface area contributed by atoms with Crippen molar-refractivity contribution in [2.75, 3.05) is 19.8 Å². The van der Waals surface area contributed by atoms with Crippen molar-refractivity contribution in [1.82, 2.24) is 4.90 Å². The number of carboxylic acids is 1. The van der Waals surface area contributed by atoms with Crippen LogP contribution in [0.5, 0.6) is 0 Å². The quantitative estimate of drug-likeness (QED) is 0.887. The molecule has 1 aromatic rings. The van der Waals surface area contributed by atoms with Crippen LogP contribution < -0.4 is 0 Å². The molecule has 6 heteroatoms. The molecule has 2 aliphatic heterocycles. The molecule has 1 N–H and O–H groups in total. The summed E-state index contributed by atoms with van der Waals surface area (Å²) in [6.45, 7) is 1.49. The Kier molecular flexibility index (Phi) is 3.28. The first kappa shape index (κ1) is 12.6. The Bertz CT molecular complexity index is 506. The average Bonchev–Trinajstić information content (AvgIpc) is 3.06. The zero-order valence-corrected chi connectivity index (χ0v) is 11.2. The molecule has 0 radical (unpaired) electrons. The van der Waals surface area contributed by atoms with E-state index in [-0.39, 0.29) is 11.8 Å². The Hall–Kier alpha value is -1.40. The minimum absolute atomic E-state index is 0.0817. The Morgan fingerprint density at radius 2 is 2.32 bits per heavy atom. The number of amides is 1. The SMILES string of the molecule is O=C(O)C1c2ccsc2CCN1C(=O)C1CCOC1. The van der Waals surface area contributed by atoms with Crippen LogP contribution in [-0.4, -0.2) is 41.6 Å². The summed E-state index contributed by atoms with van der Waals surface area (Å²) in [4.78, 5) is 26.6. The van der Waals surface area contributed by atoms with E-state index < -0.39 is 12.0 Å². The highest BCUT2D eigenvalue weighted by Gasteiger charge is 2.39. The van der Waals surface area contributed by atoms with Gasteiger partial charge in [-0.3, -0.25) is 4.79 Å². The van der Waals surface area contributed by atoms with Gasteiger partial charge in [-0.25, -0.2) is 4.79 Å². The van der Waals surface area contributed by atoms with Crippen molar-refractivity contribution < 1.29 is 19.4 Å². The van der Waals surface area contributed by atoms with Gasteiger partial charge in [0.1, 0.15) is 0 Å². The zero-order chi connectivity index (χ0) is 13.4. The second-order valence-corrected chi connectivity index (χ2v) is 5.88. The summed E-state index contributed by atoms with van der Waals surface area (Å²) >= 11 is 1.57. The van der Waals surface area contributed by atoms with Crippen molar-refractivity contribution in [2.24, 2.45) is 5.92 Å².